The molecule has 2 amide bonds. The van der Waals surface area contributed by atoms with E-state index in [1.54, 1.807) is 0 Å². The smallest absolute Gasteiger partial charge is 0.407 e. The van der Waals surface area contributed by atoms with Gasteiger partial charge in [0.2, 0.25) is 5.91 Å². The van der Waals surface area contributed by atoms with Crippen molar-refractivity contribution >= 4 is 12.0 Å². The Bertz CT molecular complexity index is 518. The van der Waals surface area contributed by atoms with Crippen molar-refractivity contribution < 1.29 is 14.3 Å². The first-order valence-electron chi connectivity index (χ1n) is 15.7. The van der Waals surface area contributed by atoms with Gasteiger partial charge in [-0.1, -0.05) is 97.3 Å². The van der Waals surface area contributed by atoms with E-state index in [0.717, 1.165) is 38.9 Å². The van der Waals surface area contributed by atoms with E-state index in [0.29, 0.717) is 18.9 Å². The van der Waals surface area contributed by atoms with Gasteiger partial charge in [0.05, 0.1) is 0 Å². The normalized spacial score (nSPS) is 11.6. The van der Waals surface area contributed by atoms with E-state index in [-0.39, 0.29) is 12.0 Å². The SMILES string of the molecule is CCCCCCCCC(CCCCCCCC)CNC(=O)CCCCCNCCNC(=O)OC(C)(C)C. The molecule has 0 aromatic heterocycles. The summed E-state index contributed by atoms with van der Waals surface area (Å²) in [5, 5.41) is 9.33. The number of hydrogen-bond acceptors (Lipinski definition) is 4. The van der Waals surface area contributed by atoms with E-state index >= 15 is 0 Å². The molecule has 0 saturated carbocycles. The Labute approximate surface area is 230 Å². The zero-order valence-electron chi connectivity index (χ0n) is 25.4. The lowest BCUT2D eigenvalue weighted by Gasteiger charge is -2.19. The fourth-order valence-corrected chi connectivity index (χ4v) is 4.53. The van der Waals surface area contributed by atoms with Gasteiger partial charge in [-0.2, -0.15) is 0 Å². The summed E-state index contributed by atoms with van der Waals surface area (Å²) in [5.41, 5.74) is -0.466. The van der Waals surface area contributed by atoms with Crippen molar-refractivity contribution in [2.45, 2.75) is 156 Å². The number of carbonyl (C=O) groups is 2. The van der Waals surface area contributed by atoms with Gasteiger partial charge in [0.25, 0.3) is 0 Å². The van der Waals surface area contributed by atoms with Gasteiger partial charge in [0.15, 0.2) is 0 Å². The average molecular weight is 526 g/mol. The third-order valence-corrected chi connectivity index (χ3v) is 6.75. The van der Waals surface area contributed by atoms with Crippen LogP contribution in [0.4, 0.5) is 4.79 Å². The predicted molar refractivity (Wildman–Crippen MR) is 158 cm³/mol. The van der Waals surface area contributed by atoms with Crippen molar-refractivity contribution in [2.75, 3.05) is 26.2 Å². The monoisotopic (exact) mass is 525 g/mol. The first-order valence-corrected chi connectivity index (χ1v) is 15.7. The Morgan fingerprint density at radius 2 is 1.19 bits per heavy atom. The largest absolute Gasteiger partial charge is 0.444 e. The predicted octanol–water partition coefficient (Wildman–Crippen LogP) is 7.89. The van der Waals surface area contributed by atoms with Crippen LogP contribution in [0.1, 0.15) is 150 Å². The van der Waals surface area contributed by atoms with Gasteiger partial charge in [0.1, 0.15) is 5.60 Å². The van der Waals surface area contributed by atoms with Crippen molar-refractivity contribution in [1.82, 2.24) is 16.0 Å². The Morgan fingerprint density at radius 3 is 1.76 bits per heavy atom. The molecule has 0 fully saturated rings. The van der Waals surface area contributed by atoms with Crippen LogP contribution in [0.2, 0.25) is 0 Å². The van der Waals surface area contributed by atoms with Crippen LogP contribution in [0, 0.1) is 5.92 Å². The number of ether oxygens (including phenoxy) is 1. The van der Waals surface area contributed by atoms with Crippen LogP contribution in [0.3, 0.4) is 0 Å². The molecule has 0 bridgehead atoms. The Hall–Kier alpha value is -1.30. The molecule has 0 aliphatic heterocycles. The number of carbonyl (C=O) groups excluding carboxylic acids is 2. The molecule has 0 aromatic carbocycles. The van der Waals surface area contributed by atoms with E-state index in [1.807, 2.05) is 20.8 Å². The second-order valence-corrected chi connectivity index (χ2v) is 11.8. The van der Waals surface area contributed by atoms with Gasteiger partial charge in [-0.15, -0.1) is 0 Å². The summed E-state index contributed by atoms with van der Waals surface area (Å²) in [6.07, 6.45) is 21.9. The Balaban J connectivity index is 3.91. The molecule has 0 aliphatic carbocycles. The molecule has 0 aliphatic rings. The topological polar surface area (TPSA) is 79.5 Å². The summed E-state index contributed by atoms with van der Waals surface area (Å²) in [4.78, 5) is 24.0. The van der Waals surface area contributed by atoms with Gasteiger partial charge in [0, 0.05) is 26.1 Å². The van der Waals surface area contributed by atoms with E-state index in [4.69, 9.17) is 4.74 Å². The summed E-state index contributed by atoms with van der Waals surface area (Å²) in [5.74, 6) is 0.852. The fraction of sp³-hybridized carbons (Fsp3) is 0.935. The minimum Gasteiger partial charge on any atom is -0.444 e. The molecule has 0 rings (SSSR count). The van der Waals surface area contributed by atoms with E-state index in [2.05, 4.69) is 29.8 Å². The van der Waals surface area contributed by atoms with E-state index < -0.39 is 5.60 Å². The molecule has 0 unspecified atom stereocenters. The molecular weight excluding hydrogens is 462 g/mol. The average Bonchev–Trinajstić information content (AvgIpc) is 2.84. The van der Waals surface area contributed by atoms with E-state index in [9.17, 15) is 9.59 Å². The highest BCUT2D eigenvalue weighted by atomic mass is 16.6. The Kier molecular flexibility index (Phi) is 24.1. The highest BCUT2D eigenvalue weighted by Gasteiger charge is 2.15. The van der Waals surface area contributed by atoms with Crippen LogP contribution in [0.15, 0.2) is 0 Å². The molecule has 0 aromatic rings. The van der Waals surface area contributed by atoms with Crippen LogP contribution < -0.4 is 16.0 Å². The van der Waals surface area contributed by atoms with Crippen LogP contribution >= 0.6 is 0 Å². The van der Waals surface area contributed by atoms with Crippen LogP contribution in [-0.2, 0) is 9.53 Å². The molecule has 6 nitrogen and oxygen atoms in total. The molecule has 0 saturated heterocycles. The second kappa shape index (κ2) is 25.0. The quantitative estimate of drug-likeness (QED) is 0.106. The number of unbranched alkanes of at least 4 members (excludes halogenated alkanes) is 12. The number of amides is 2. The number of nitrogens with one attached hydrogen (secondary N) is 3. The zero-order valence-corrected chi connectivity index (χ0v) is 25.4. The third-order valence-electron chi connectivity index (χ3n) is 6.75. The summed E-state index contributed by atoms with van der Waals surface area (Å²) in [6.45, 7) is 13.1. The molecule has 0 atom stereocenters. The van der Waals surface area contributed by atoms with Crippen molar-refractivity contribution in [2.24, 2.45) is 5.92 Å². The molecule has 220 valence electrons. The van der Waals surface area contributed by atoms with Gasteiger partial charge >= 0.3 is 6.09 Å². The molecule has 0 spiro atoms. The summed E-state index contributed by atoms with van der Waals surface area (Å²) >= 11 is 0. The minimum absolute atomic E-state index is 0.213. The van der Waals surface area contributed by atoms with Crippen molar-refractivity contribution in [1.29, 1.82) is 0 Å². The van der Waals surface area contributed by atoms with Crippen LogP contribution in [-0.4, -0.2) is 43.8 Å². The molecule has 3 N–H and O–H groups in total. The lowest BCUT2D eigenvalue weighted by atomic mass is 9.94. The molecule has 6 heteroatoms. The van der Waals surface area contributed by atoms with Crippen molar-refractivity contribution in [3.8, 4) is 0 Å². The van der Waals surface area contributed by atoms with Crippen molar-refractivity contribution in [3.63, 3.8) is 0 Å². The molecular formula is C31H63N3O3. The molecule has 0 heterocycles. The van der Waals surface area contributed by atoms with E-state index in [1.165, 1.54) is 89.9 Å². The highest BCUT2D eigenvalue weighted by molar-refractivity contribution is 5.75. The first-order chi connectivity index (χ1) is 17.8. The zero-order chi connectivity index (χ0) is 27.6. The lowest BCUT2D eigenvalue weighted by molar-refractivity contribution is -0.121. The van der Waals surface area contributed by atoms with Gasteiger partial charge in [-0.05, 0) is 58.9 Å². The van der Waals surface area contributed by atoms with Crippen LogP contribution in [0.5, 0.6) is 0 Å². The Morgan fingerprint density at radius 1 is 0.649 bits per heavy atom. The minimum atomic E-state index is -0.466. The lowest BCUT2D eigenvalue weighted by Crippen LogP contribution is -2.36. The summed E-state index contributed by atoms with van der Waals surface area (Å²) in [6, 6.07) is 0. The fourth-order valence-electron chi connectivity index (χ4n) is 4.53. The number of rotatable bonds is 25. The molecule has 0 radical (unpaired) electrons. The maximum Gasteiger partial charge on any atom is 0.407 e. The number of alkyl carbamates (subject to hydrolysis) is 1. The number of hydrogen-bond donors (Lipinski definition) is 3. The van der Waals surface area contributed by atoms with Crippen LogP contribution in [0.25, 0.3) is 0 Å². The maximum atomic E-state index is 12.4. The summed E-state index contributed by atoms with van der Waals surface area (Å²) < 4.78 is 5.21. The second-order valence-electron chi connectivity index (χ2n) is 11.8. The van der Waals surface area contributed by atoms with Crippen molar-refractivity contribution in [3.05, 3.63) is 0 Å². The first kappa shape index (κ1) is 35.7. The highest BCUT2D eigenvalue weighted by Crippen LogP contribution is 2.19. The van der Waals surface area contributed by atoms with Gasteiger partial charge in [-0.3, -0.25) is 4.79 Å². The maximum absolute atomic E-state index is 12.4. The molecule has 37 heavy (non-hydrogen) atoms. The third kappa shape index (κ3) is 27.5. The van der Waals surface area contributed by atoms with Gasteiger partial charge < -0.3 is 20.7 Å². The summed E-state index contributed by atoms with van der Waals surface area (Å²) in [7, 11) is 0. The van der Waals surface area contributed by atoms with Gasteiger partial charge in [-0.25, -0.2) is 4.79 Å². The standard InChI is InChI=1S/C31H63N3O3/c1-6-8-10-12-14-17-21-28(22-18-15-13-11-9-7-2)27-34-29(35)23-19-16-20-24-32-25-26-33-30(36)37-31(3,4)5/h28,32H,6-27H2,1-5H3,(H,33,36)(H,34,35).